The molecule has 0 radical (unpaired) electrons. The Bertz CT molecular complexity index is 578. The van der Waals surface area contributed by atoms with Gasteiger partial charge in [0.15, 0.2) is 0 Å². The minimum absolute atomic E-state index is 0.0955. The molecule has 0 aliphatic heterocycles. The van der Waals surface area contributed by atoms with Crippen molar-refractivity contribution in [2.45, 2.75) is 27.7 Å². The molecule has 0 aliphatic rings. The van der Waals surface area contributed by atoms with Crippen LogP contribution in [0.15, 0.2) is 24.3 Å². The molecule has 0 heterocycles. The molecule has 19 heavy (non-hydrogen) atoms. The molecular weight excluding hydrogens is 303 g/mol. The van der Waals surface area contributed by atoms with Gasteiger partial charge in [-0.3, -0.25) is 0 Å². The number of aryl methyl sites for hydroxylation is 4. The van der Waals surface area contributed by atoms with Crippen molar-refractivity contribution in [1.82, 2.24) is 0 Å². The Hall–Kier alpha value is -1.44. The van der Waals surface area contributed by atoms with E-state index in [1.54, 1.807) is 0 Å². The van der Waals surface area contributed by atoms with E-state index in [1.165, 1.54) is 0 Å². The van der Waals surface area contributed by atoms with Crippen LogP contribution in [0.4, 0.5) is 0 Å². The van der Waals surface area contributed by atoms with E-state index < -0.39 is 0 Å². The molecule has 0 aliphatic carbocycles. The van der Waals surface area contributed by atoms with Crippen molar-refractivity contribution in [1.29, 1.82) is 0 Å². The zero-order valence-electron chi connectivity index (χ0n) is 11.6. The zero-order chi connectivity index (χ0) is 14.2. The summed E-state index contributed by atoms with van der Waals surface area (Å²) >= 11 is -0.0955. The first-order valence-corrected chi connectivity index (χ1v) is 7.88. The molecule has 0 unspecified atom stereocenters. The van der Waals surface area contributed by atoms with Gasteiger partial charge in [-0.15, -0.1) is 0 Å². The molecule has 0 amide bonds. The van der Waals surface area contributed by atoms with Crippen LogP contribution in [0.3, 0.4) is 0 Å². The van der Waals surface area contributed by atoms with Gasteiger partial charge in [0, 0.05) is 0 Å². The van der Waals surface area contributed by atoms with E-state index in [1.807, 2.05) is 52.0 Å². The Morgan fingerprint density at radius 1 is 0.684 bits per heavy atom. The third-order valence-electron chi connectivity index (χ3n) is 3.04. The molecular formula is C16H18O2Se. The Labute approximate surface area is 120 Å². The van der Waals surface area contributed by atoms with Gasteiger partial charge in [-0.05, 0) is 0 Å². The average molecular weight is 321 g/mol. The number of rotatable bonds is 2. The number of aromatic hydroxyl groups is 2. The first-order valence-electron chi connectivity index (χ1n) is 6.16. The molecule has 0 saturated heterocycles. The van der Waals surface area contributed by atoms with Gasteiger partial charge in [0.05, 0.1) is 0 Å². The van der Waals surface area contributed by atoms with Gasteiger partial charge in [-0.25, -0.2) is 0 Å². The van der Waals surface area contributed by atoms with Crippen LogP contribution in [0.5, 0.6) is 11.5 Å². The summed E-state index contributed by atoms with van der Waals surface area (Å²) in [7, 11) is 0. The normalized spacial score (nSPS) is 10.7. The van der Waals surface area contributed by atoms with Gasteiger partial charge < -0.3 is 0 Å². The van der Waals surface area contributed by atoms with Gasteiger partial charge >= 0.3 is 120 Å². The summed E-state index contributed by atoms with van der Waals surface area (Å²) < 4.78 is 1.84. The number of hydrogen-bond donors (Lipinski definition) is 2. The fourth-order valence-electron chi connectivity index (χ4n) is 2.12. The Balaban J connectivity index is 2.47. The molecule has 0 bridgehead atoms. The van der Waals surface area contributed by atoms with E-state index in [4.69, 9.17) is 0 Å². The molecule has 0 spiro atoms. The van der Waals surface area contributed by atoms with E-state index in [0.29, 0.717) is 11.5 Å². The topological polar surface area (TPSA) is 40.5 Å². The van der Waals surface area contributed by atoms with Gasteiger partial charge in [0.1, 0.15) is 0 Å². The molecule has 2 nitrogen and oxygen atoms in total. The van der Waals surface area contributed by atoms with Crippen molar-refractivity contribution in [3.63, 3.8) is 0 Å². The van der Waals surface area contributed by atoms with Crippen LogP contribution in [0.25, 0.3) is 0 Å². The second kappa shape index (κ2) is 5.28. The van der Waals surface area contributed by atoms with Gasteiger partial charge in [-0.1, -0.05) is 0 Å². The Kier molecular flexibility index (Phi) is 3.88. The van der Waals surface area contributed by atoms with Crippen molar-refractivity contribution in [2.24, 2.45) is 0 Å². The van der Waals surface area contributed by atoms with Crippen LogP contribution in [-0.4, -0.2) is 25.2 Å². The maximum absolute atomic E-state index is 10.1. The van der Waals surface area contributed by atoms with Crippen LogP contribution < -0.4 is 8.92 Å². The number of hydrogen-bond acceptors (Lipinski definition) is 2. The zero-order valence-corrected chi connectivity index (χ0v) is 13.3. The molecule has 0 aromatic heterocycles. The summed E-state index contributed by atoms with van der Waals surface area (Å²) in [5.74, 6) is 0.702. The predicted octanol–water partition coefficient (Wildman–Crippen LogP) is 1.99. The minimum atomic E-state index is -0.0955. The molecule has 2 aromatic rings. The molecule has 0 fully saturated rings. The maximum atomic E-state index is 10.1. The van der Waals surface area contributed by atoms with E-state index in [0.717, 1.165) is 31.2 Å². The van der Waals surface area contributed by atoms with Gasteiger partial charge in [0.25, 0.3) is 0 Å². The van der Waals surface area contributed by atoms with E-state index >= 15 is 0 Å². The van der Waals surface area contributed by atoms with E-state index in [9.17, 15) is 10.2 Å². The van der Waals surface area contributed by atoms with E-state index in [-0.39, 0.29) is 15.0 Å². The number of benzene rings is 2. The summed E-state index contributed by atoms with van der Waals surface area (Å²) in [6, 6.07) is 7.94. The SMILES string of the molecule is Cc1cc(C)c(O)c([Se]c2cc(C)cc(C)c2O)c1. The van der Waals surface area contributed by atoms with Gasteiger partial charge in [-0.2, -0.15) is 0 Å². The third-order valence-corrected chi connectivity index (χ3v) is 5.27. The second-order valence-electron chi connectivity index (χ2n) is 4.96. The molecule has 100 valence electrons. The average Bonchev–Trinajstić information content (AvgIpc) is 2.31. The summed E-state index contributed by atoms with van der Waals surface area (Å²) in [6.07, 6.45) is 0. The quantitative estimate of drug-likeness (QED) is 0.831. The first kappa shape index (κ1) is 14.0. The fraction of sp³-hybridized carbons (Fsp3) is 0.250. The van der Waals surface area contributed by atoms with Crippen LogP contribution in [0.2, 0.25) is 0 Å². The van der Waals surface area contributed by atoms with Crippen LogP contribution in [0.1, 0.15) is 22.3 Å². The van der Waals surface area contributed by atoms with Crippen LogP contribution in [-0.2, 0) is 0 Å². The molecule has 0 saturated carbocycles. The summed E-state index contributed by atoms with van der Waals surface area (Å²) in [6.45, 7) is 7.85. The Morgan fingerprint density at radius 3 is 1.42 bits per heavy atom. The van der Waals surface area contributed by atoms with E-state index in [2.05, 4.69) is 0 Å². The Morgan fingerprint density at radius 2 is 1.05 bits per heavy atom. The van der Waals surface area contributed by atoms with Crippen molar-refractivity contribution >= 4 is 23.9 Å². The molecule has 2 rings (SSSR count). The van der Waals surface area contributed by atoms with Crippen molar-refractivity contribution < 1.29 is 10.2 Å². The molecule has 2 N–H and O–H groups in total. The first-order chi connectivity index (χ1) is 8.88. The summed E-state index contributed by atoms with van der Waals surface area (Å²) in [5.41, 5.74) is 4.05. The third kappa shape index (κ3) is 2.94. The summed E-state index contributed by atoms with van der Waals surface area (Å²) in [5, 5.41) is 20.3. The van der Waals surface area contributed by atoms with Gasteiger partial charge in [0.2, 0.25) is 0 Å². The van der Waals surface area contributed by atoms with Crippen molar-refractivity contribution in [2.75, 3.05) is 0 Å². The predicted molar refractivity (Wildman–Crippen MR) is 80.2 cm³/mol. The van der Waals surface area contributed by atoms with Crippen molar-refractivity contribution in [3.8, 4) is 11.5 Å². The van der Waals surface area contributed by atoms with Crippen LogP contribution >= 0.6 is 0 Å². The van der Waals surface area contributed by atoms with Crippen molar-refractivity contribution in [3.05, 3.63) is 46.5 Å². The number of phenolic OH excluding ortho intramolecular Hbond substituents is 2. The molecule has 2 aromatic carbocycles. The standard InChI is InChI=1S/C16H18O2Se/c1-9-5-11(3)15(17)13(7-9)19-14-8-10(2)6-12(4)16(14)18/h5-8,17-18H,1-4H3. The molecule has 0 atom stereocenters. The number of phenols is 2. The summed E-state index contributed by atoms with van der Waals surface area (Å²) in [4.78, 5) is 0. The monoisotopic (exact) mass is 322 g/mol. The van der Waals surface area contributed by atoms with Crippen LogP contribution in [0, 0.1) is 27.7 Å². The molecule has 3 heteroatoms. The second-order valence-corrected chi connectivity index (χ2v) is 7.23. The fourth-order valence-corrected chi connectivity index (χ4v) is 4.72.